The molecule has 0 fully saturated rings. The largest absolute Gasteiger partial charge is 0.504 e. The van der Waals surface area contributed by atoms with Crippen LogP contribution in [-0.2, 0) is 0 Å². The average molecular weight is 308 g/mol. The molecule has 0 spiro atoms. The van der Waals surface area contributed by atoms with Crippen LogP contribution in [0.1, 0.15) is 22.0 Å². The summed E-state index contributed by atoms with van der Waals surface area (Å²) < 4.78 is 5.16. The minimum absolute atomic E-state index is 0.161. The molecule has 3 rings (SSSR count). The van der Waals surface area contributed by atoms with Gasteiger partial charge >= 0.3 is 0 Å². The van der Waals surface area contributed by atoms with Crippen molar-refractivity contribution in [3.63, 3.8) is 0 Å². The number of fused-ring (bicyclic) bond motifs is 1. The lowest BCUT2D eigenvalue weighted by atomic mass is 9.94. The second-order valence-corrected chi connectivity index (χ2v) is 5.20. The SMILES string of the molecule is COc1cc2ccccc2c([C@@H](O)C(=O)c2ccccc2)c1O. The maximum absolute atomic E-state index is 12.5. The first-order valence-electron chi connectivity index (χ1n) is 7.19. The number of hydrogen-bond donors (Lipinski definition) is 2. The second-order valence-electron chi connectivity index (χ2n) is 5.20. The summed E-state index contributed by atoms with van der Waals surface area (Å²) in [6, 6.07) is 17.4. The molecule has 4 nitrogen and oxygen atoms in total. The van der Waals surface area contributed by atoms with Gasteiger partial charge in [-0.25, -0.2) is 0 Å². The topological polar surface area (TPSA) is 66.8 Å². The molecule has 0 unspecified atom stereocenters. The van der Waals surface area contributed by atoms with Crippen molar-refractivity contribution in [2.75, 3.05) is 7.11 Å². The van der Waals surface area contributed by atoms with Crippen molar-refractivity contribution in [2.24, 2.45) is 0 Å². The minimum atomic E-state index is -1.47. The lowest BCUT2D eigenvalue weighted by Gasteiger charge is -2.17. The Hall–Kier alpha value is -2.85. The first-order chi connectivity index (χ1) is 11.1. The predicted octanol–water partition coefficient (Wildman–Crippen LogP) is 3.47. The fraction of sp³-hybridized carbons (Fsp3) is 0.105. The Morgan fingerprint density at radius 1 is 1.04 bits per heavy atom. The Labute approximate surface area is 133 Å². The highest BCUT2D eigenvalue weighted by Gasteiger charge is 2.26. The Balaban J connectivity index is 2.18. The molecule has 3 aromatic carbocycles. The smallest absolute Gasteiger partial charge is 0.195 e. The minimum Gasteiger partial charge on any atom is -0.504 e. The normalized spacial score (nSPS) is 12.1. The monoisotopic (exact) mass is 308 g/mol. The van der Waals surface area contributed by atoms with Gasteiger partial charge in [0.15, 0.2) is 17.3 Å². The van der Waals surface area contributed by atoms with Gasteiger partial charge in [-0.1, -0.05) is 54.6 Å². The average Bonchev–Trinajstić information content (AvgIpc) is 2.60. The number of methoxy groups -OCH3 is 1. The van der Waals surface area contributed by atoms with Crippen LogP contribution in [-0.4, -0.2) is 23.1 Å². The van der Waals surface area contributed by atoms with E-state index in [0.717, 1.165) is 5.39 Å². The van der Waals surface area contributed by atoms with Crippen molar-refractivity contribution in [2.45, 2.75) is 6.10 Å². The van der Waals surface area contributed by atoms with Gasteiger partial charge in [-0.05, 0) is 16.8 Å². The molecule has 0 saturated heterocycles. The Morgan fingerprint density at radius 3 is 2.39 bits per heavy atom. The van der Waals surface area contributed by atoms with Crippen LogP contribution in [0.4, 0.5) is 0 Å². The second kappa shape index (κ2) is 6.10. The molecule has 1 atom stereocenters. The summed E-state index contributed by atoms with van der Waals surface area (Å²) in [7, 11) is 1.43. The molecule has 0 heterocycles. The zero-order valence-electron chi connectivity index (χ0n) is 12.6. The van der Waals surface area contributed by atoms with E-state index in [9.17, 15) is 15.0 Å². The summed E-state index contributed by atoms with van der Waals surface area (Å²) in [5.74, 6) is -0.471. The molecule has 0 bridgehead atoms. The molecule has 0 aromatic heterocycles. The van der Waals surface area contributed by atoms with E-state index in [-0.39, 0.29) is 17.1 Å². The van der Waals surface area contributed by atoms with Crippen LogP contribution in [0.2, 0.25) is 0 Å². The zero-order chi connectivity index (χ0) is 16.4. The molecule has 2 N–H and O–H groups in total. The maximum Gasteiger partial charge on any atom is 0.195 e. The number of hydrogen-bond acceptors (Lipinski definition) is 4. The number of phenolic OH excluding ortho intramolecular Hbond substituents is 1. The van der Waals surface area contributed by atoms with Crippen LogP contribution in [0.15, 0.2) is 60.7 Å². The highest BCUT2D eigenvalue weighted by molar-refractivity contribution is 6.03. The van der Waals surface area contributed by atoms with Crippen molar-refractivity contribution in [3.8, 4) is 11.5 Å². The Morgan fingerprint density at radius 2 is 1.70 bits per heavy atom. The number of carbonyl (C=O) groups excluding carboxylic acids is 1. The number of ether oxygens (including phenoxy) is 1. The summed E-state index contributed by atoms with van der Waals surface area (Å²) in [6.07, 6.45) is -1.47. The van der Waals surface area contributed by atoms with Gasteiger partial charge in [0, 0.05) is 11.1 Å². The van der Waals surface area contributed by atoms with Gasteiger partial charge in [0.1, 0.15) is 6.10 Å². The van der Waals surface area contributed by atoms with Crippen LogP contribution in [0, 0.1) is 0 Å². The molecule has 0 radical (unpaired) electrons. The van der Waals surface area contributed by atoms with E-state index >= 15 is 0 Å². The third-order valence-corrected chi connectivity index (χ3v) is 3.83. The highest BCUT2D eigenvalue weighted by atomic mass is 16.5. The molecule has 4 heteroatoms. The van der Waals surface area contributed by atoms with Gasteiger partial charge in [0.05, 0.1) is 7.11 Å². The number of carbonyl (C=O) groups is 1. The fourth-order valence-electron chi connectivity index (χ4n) is 2.66. The van der Waals surface area contributed by atoms with Crippen LogP contribution in [0.5, 0.6) is 11.5 Å². The molecule has 23 heavy (non-hydrogen) atoms. The summed E-state index contributed by atoms with van der Waals surface area (Å²) in [5, 5.41) is 22.4. The van der Waals surface area contributed by atoms with Crippen LogP contribution >= 0.6 is 0 Å². The fourth-order valence-corrected chi connectivity index (χ4v) is 2.66. The van der Waals surface area contributed by atoms with Crippen LogP contribution in [0.3, 0.4) is 0 Å². The van der Waals surface area contributed by atoms with Crippen LogP contribution in [0.25, 0.3) is 10.8 Å². The van der Waals surface area contributed by atoms with E-state index in [1.807, 2.05) is 12.1 Å². The number of Topliss-reactive ketones (excluding diaryl/α,β-unsaturated/α-hetero) is 1. The summed E-state index contributed by atoms with van der Waals surface area (Å²) in [4.78, 5) is 12.5. The van der Waals surface area contributed by atoms with E-state index < -0.39 is 11.9 Å². The number of aromatic hydroxyl groups is 1. The quantitative estimate of drug-likeness (QED) is 0.724. The van der Waals surface area contributed by atoms with E-state index in [1.165, 1.54) is 7.11 Å². The van der Waals surface area contributed by atoms with E-state index in [0.29, 0.717) is 10.9 Å². The third kappa shape index (κ3) is 2.64. The molecule has 0 aliphatic carbocycles. The molecule has 0 aliphatic rings. The van der Waals surface area contributed by atoms with Crippen molar-refractivity contribution in [1.29, 1.82) is 0 Å². The van der Waals surface area contributed by atoms with Gasteiger partial charge in [-0.15, -0.1) is 0 Å². The molecule has 0 amide bonds. The standard InChI is InChI=1S/C19H16O4/c1-23-15-11-13-9-5-6-10-14(13)16(18(15)21)19(22)17(20)12-7-3-2-4-8-12/h2-11,19,21-22H,1H3/t19-/m1/s1. The lowest BCUT2D eigenvalue weighted by Crippen LogP contribution is -2.13. The third-order valence-electron chi connectivity index (χ3n) is 3.83. The zero-order valence-corrected chi connectivity index (χ0v) is 12.6. The van der Waals surface area contributed by atoms with Crippen LogP contribution < -0.4 is 4.74 Å². The first-order valence-corrected chi connectivity index (χ1v) is 7.19. The van der Waals surface area contributed by atoms with Gasteiger partial charge in [-0.3, -0.25) is 4.79 Å². The summed E-state index contributed by atoms with van der Waals surface area (Å²) in [6.45, 7) is 0. The lowest BCUT2D eigenvalue weighted by molar-refractivity contribution is 0.0744. The van der Waals surface area contributed by atoms with E-state index in [1.54, 1.807) is 48.5 Å². The molecule has 3 aromatic rings. The van der Waals surface area contributed by atoms with E-state index in [2.05, 4.69) is 0 Å². The van der Waals surface area contributed by atoms with Gasteiger partial charge in [0.25, 0.3) is 0 Å². The molecular formula is C19H16O4. The van der Waals surface area contributed by atoms with Crippen molar-refractivity contribution >= 4 is 16.6 Å². The number of aliphatic hydroxyl groups excluding tert-OH is 1. The number of benzene rings is 3. The van der Waals surface area contributed by atoms with E-state index in [4.69, 9.17) is 4.74 Å². The maximum atomic E-state index is 12.5. The summed E-state index contributed by atoms with van der Waals surface area (Å²) in [5.41, 5.74) is 0.542. The molecule has 0 aliphatic heterocycles. The van der Waals surface area contributed by atoms with Crippen molar-refractivity contribution < 1.29 is 19.7 Å². The Kier molecular flexibility index (Phi) is 4.00. The Bertz CT molecular complexity index is 856. The van der Waals surface area contributed by atoms with Gasteiger partial charge in [0.2, 0.25) is 0 Å². The number of aliphatic hydroxyl groups is 1. The summed E-state index contributed by atoms with van der Waals surface area (Å²) >= 11 is 0. The van der Waals surface area contributed by atoms with Crippen molar-refractivity contribution in [3.05, 3.63) is 71.8 Å². The highest BCUT2D eigenvalue weighted by Crippen LogP contribution is 2.40. The molecule has 0 saturated carbocycles. The number of ketones is 1. The number of phenols is 1. The van der Waals surface area contributed by atoms with Gasteiger partial charge in [-0.2, -0.15) is 0 Å². The first kappa shape index (κ1) is 15.1. The molecular weight excluding hydrogens is 292 g/mol. The molecule has 116 valence electrons. The predicted molar refractivity (Wildman–Crippen MR) is 87.9 cm³/mol. The number of rotatable bonds is 4. The van der Waals surface area contributed by atoms with Gasteiger partial charge < -0.3 is 14.9 Å². The van der Waals surface area contributed by atoms with Crippen molar-refractivity contribution in [1.82, 2.24) is 0 Å².